The Morgan fingerprint density at radius 1 is 0.941 bits per heavy atom. The van der Waals surface area contributed by atoms with Gasteiger partial charge in [-0.3, -0.25) is 14.9 Å². The van der Waals surface area contributed by atoms with E-state index in [1.165, 1.54) is 19.3 Å². The van der Waals surface area contributed by atoms with E-state index < -0.39 is 0 Å². The minimum atomic E-state index is -0.330. The van der Waals surface area contributed by atoms with Gasteiger partial charge in [0.2, 0.25) is 5.91 Å². The summed E-state index contributed by atoms with van der Waals surface area (Å²) in [7, 11) is 0. The molecular weight excluding hydrogens is 446 g/mol. The molecule has 1 aliphatic carbocycles. The zero-order valence-corrected chi connectivity index (χ0v) is 20.7. The van der Waals surface area contributed by atoms with Crippen LogP contribution in [0.15, 0.2) is 48.5 Å². The number of ether oxygens (including phenoxy) is 1. The Balaban J connectivity index is 1.53. The first-order valence-electron chi connectivity index (χ1n) is 12.3. The molecule has 3 N–H and O–H groups in total. The van der Waals surface area contributed by atoms with E-state index in [0.29, 0.717) is 29.3 Å². The topological polar surface area (TPSA) is 79.5 Å². The second-order valence-electron chi connectivity index (χ2n) is 8.72. The molecule has 34 heavy (non-hydrogen) atoms. The molecule has 0 bridgehead atoms. The van der Waals surface area contributed by atoms with Gasteiger partial charge in [0.1, 0.15) is 5.75 Å². The highest BCUT2D eigenvalue weighted by Crippen LogP contribution is 2.25. The number of carbonyl (C=O) groups is 2. The van der Waals surface area contributed by atoms with Crippen molar-refractivity contribution < 1.29 is 14.3 Å². The van der Waals surface area contributed by atoms with Crippen LogP contribution in [0.25, 0.3) is 0 Å². The summed E-state index contributed by atoms with van der Waals surface area (Å²) >= 11 is 5.35. The molecule has 0 heterocycles. The first-order valence-corrected chi connectivity index (χ1v) is 12.7. The van der Waals surface area contributed by atoms with Crippen molar-refractivity contribution in [3.05, 3.63) is 54.1 Å². The van der Waals surface area contributed by atoms with Crippen molar-refractivity contribution in [1.82, 2.24) is 5.32 Å². The minimum absolute atomic E-state index is 0.0685. The number of para-hydroxylation sites is 1. The summed E-state index contributed by atoms with van der Waals surface area (Å²) in [5.74, 6) is 0.369. The van der Waals surface area contributed by atoms with Gasteiger partial charge >= 0.3 is 0 Å². The number of carbonyl (C=O) groups excluding carboxylic acids is 2. The van der Waals surface area contributed by atoms with E-state index in [4.69, 9.17) is 17.0 Å². The lowest BCUT2D eigenvalue weighted by Gasteiger charge is -2.21. The number of nitrogens with one attached hydrogen (secondary N) is 3. The summed E-state index contributed by atoms with van der Waals surface area (Å²) in [6.45, 7) is 2.74. The van der Waals surface area contributed by atoms with Crippen molar-refractivity contribution in [3.8, 4) is 5.75 Å². The van der Waals surface area contributed by atoms with E-state index in [1.54, 1.807) is 18.2 Å². The van der Waals surface area contributed by atoms with Crippen LogP contribution in [-0.2, 0) is 4.79 Å². The molecule has 0 saturated heterocycles. The molecule has 0 aromatic heterocycles. The van der Waals surface area contributed by atoms with Crippen molar-refractivity contribution in [1.29, 1.82) is 0 Å². The second-order valence-corrected chi connectivity index (χ2v) is 9.13. The van der Waals surface area contributed by atoms with Crippen molar-refractivity contribution in [2.45, 2.75) is 64.7 Å². The van der Waals surface area contributed by atoms with Gasteiger partial charge in [0, 0.05) is 17.3 Å². The van der Waals surface area contributed by atoms with Gasteiger partial charge in [-0.05, 0) is 61.8 Å². The van der Waals surface area contributed by atoms with Crippen LogP contribution < -0.4 is 20.7 Å². The molecule has 3 rings (SSSR count). The lowest BCUT2D eigenvalue weighted by atomic mass is 9.88. The highest BCUT2D eigenvalue weighted by molar-refractivity contribution is 7.80. The van der Waals surface area contributed by atoms with Crippen LogP contribution in [0.3, 0.4) is 0 Å². The van der Waals surface area contributed by atoms with Crippen LogP contribution in [0.1, 0.15) is 75.1 Å². The van der Waals surface area contributed by atoms with Crippen molar-refractivity contribution in [3.63, 3.8) is 0 Å². The molecular formula is C27H35N3O3S. The summed E-state index contributed by atoms with van der Waals surface area (Å²) in [5, 5.41) is 8.94. The fourth-order valence-corrected chi connectivity index (χ4v) is 4.32. The molecule has 0 radical (unpaired) electrons. The monoisotopic (exact) mass is 481 g/mol. The van der Waals surface area contributed by atoms with Gasteiger partial charge in [-0.1, -0.05) is 63.6 Å². The maximum atomic E-state index is 12.8. The molecule has 1 aliphatic rings. The molecule has 0 atom stereocenters. The summed E-state index contributed by atoms with van der Waals surface area (Å²) in [6, 6.07) is 14.5. The fraction of sp³-hybridized carbons (Fsp3) is 0.444. The summed E-state index contributed by atoms with van der Waals surface area (Å²) in [6.07, 6.45) is 9.74. The van der Waals surface area contributed by atoms with E-state index in [-0.39, 0.29) is 22.8 Å². The first kappa shape index (κ1) is 25.7. The van der Waals surface area contributed by atoms with E-state index in [1.807, 2.05) is 30.3 Å². The molecule has 2 aromatic carbocycles. The second kappa shape index (κ2) is 13.7. The van der Waals surface area contributed by atoms with Crippen LogP contribution in [0.2, 0.25) is 0 Å². The predicted molar refractivity (Wildman–Crippen MR) is 141 cm³/mol. The van der Waals surface area contributed by atoms with Gasteiger partial charge in [0.25, 0.3) is 5.91 Å². The summed E-state index contributed by atoms with van der Waals surface area (Å²) < 4.78 is 5.84. The molecule has 2 amide bonds. The molecule has 2 aromatic rings. The van der Waals surface area contributed by atoms with E-state index in [2.05, 4.69) is 22.9 Å². The Hall–Kier alpha value is -2.93. The van der Waals surface area contributed by atoms with Crippen molar-refractivity contribution in [2.75, 3.05) is 17.2 Å². The van der Waals surface area contributed by atoms with Gasteiger partial charge in [-0.15, -0.1) is 0 Å². The molecule has 0 unspecified atom stereocenters. The third-order valence-corrected chi connectivity index (χ3v) is 6.18. The van der Waals surface area contributed by atoms with Gasteiger partial charge < -0.3 is 15.4 Å². The number of amides is 2. The first-order chi connectivity index (χ1) is 16.6. The maximum Gasteiger partial charge on any atom is 0.261 e. The molecule has 7 heteroatoms. The highest BCUT2D eigenvalue weighted by Gasteiger charge is 2.21. The van der Waals surface area contributed by atoms with Crippen LogP contribution >= 0.6 is 12.2 Å². The summed E-state index contributed by atoms with van der Waals surface area (Å²) in [5.41, 5.74) is 1.83. The molecule has 182 valence electrons. The number of hydrogen-bond acceptors (Lipinski definition) is 4. The average molecular weight is 482 g/mol. The fourth-order valence-electron chi connectivity index (χ4n) is 4.11. The molecule has 1 saturated carbocycles. The average Bonchev–Trinajstić information content (AvgIpc) is 2.85. The maximum absolute atomic E-state index is 12.8. The highest BCUT2D eigenvalue weighted by atomic mass is 32.1. The Morgan fingerprint density at radius 2 is 1.68 bits per heavy atom. The minimum Gasteiger partial charge on any atom is -0.493 e. The SMILES string of the molecule is CCCCCCOc1ccccc1C(=O)NC(=S)Nc1cccc(NC(=O)C2CCCCC2)c1. The number of benzene rings is 2. The quantitative estimate of drug-likeness (QED) is 0.274. The lowest BCUT2D eigenvalue weighted by Crippen LogP contribution is -2.34. The smallest absolute Gasteiger partial charge is 0.261 e. The van der Waals surface area contributed by atoms with Crippen LogP contribution in [0.4, 0.5) is 11.4 Å². The molecule has 6 nitrogen and oxygen atoms in total. The number of thiocarbonyl (C=S) groups is 1. The van der Waals surface area contributed by atoms with E-state index in [9.17, 15) is 9.59 Å². The third kappa shape index (κ3) is 8.13. The Labute approximate surface area is 207 Å². The van der Waals surface area contributed by atoms with Crippen molar-refractivity contribution >= 4 is 40.5 Å². The van der Waals surface area contributed by atoms with Crippen LogP contribution in [0.5, 0.6) is 5.75 Å². The Morgan fingerprint density at radius 3 is 2.44 bits per heavy atom. The van der Waals surface area contributed by atoms with E-state index >= 15 is 0 Å². The number of unbranched alkanes of at least 4 members (excludes halogenated alkanes) is 3. The lowest BCUT2D eigenvalue weighted by molar-refractivity contribution is -0.120. The van der Waals surface area contributed by atoms with E-state index in [0.717, 1.165) is 38.5 Å². The number of hydrogen-bond donors (Lipinski definition) is 3. The Bertz CT molecular complexity index is 973. The number of rotatable bonds is 10. The van der Waals surface area contributed by atoms with Crippen molar-refractivity contribution in [2.24, 2.45) is 5.92 Å². The number of anilines is 2. The molecule has 0 aliphatic heterocycles. The van der Waals surface area contributed by atoms with Gasteiger partial charge in [-0.25, -0.2) is 0 Å². The van der Waals surface area contributed by atoms with Gasteiger partial charge in [-0.2, -0.15) is 0 Å². The normalized spacial score (nSPS) is 13.7. The zero-order chi connectivity index (χ0) is 24.2. The zero-order valence-electron chi connectivity index (χ0n) is 19.9. The predicted octanol–water partition coefficient (Wildman–Crippen LogP) is 6.29. The van der Waals surface area contributed by atoms with Gasteiger partial charge in [0.15, 0.2) is 5.11 Å². The molecule has 0 spiro atoms. The van der Waals surface area contributed by atoms with Crippen LogP contribution in [0, 0.1) is 5.92 Å². The van der Waals surface area contributed by atoms with Gasteiger partial charge in [0.05, 0.1) is 12.2 Å². The molecule has 1 fully saturated rings. The standard InChI is InChI=1S/C27H35N3O3S/c1-2-3-4-10-18-33-24-17-9-8-16-23(24)26(32)30-27(34)29-22-15-11-14-21(19-22)28-25(31)20-12-6-5-7-13-20/h8-9,11,14-17,19-20H,2-7,10,12-13,18H2,1H3,(H,28,31)(H2,29,30,32,34). The Kier molecular flexibility index (Phi) is 10.3. The van der Waals surface area contributed by atoms with Crippen LogP contribution in [-0.4, -0.2) is 23.5 Å². The summed E-state index contributed by atoms with van der Waals surface area (Å²) in [4.78, 5) is 25.3. The third-order valence-electron chi connectivity index (χ3n) is 5.98. The largest absolute Gasteiger partial charge is 0.493 e.